The molecule has 1 aliphatic carbocycles. The average molecular weight is 173 g/mol. The molecule has 0 spiro atoms. The largest absolute Gasteiger partial charge is 0.367 e. The van der Waals surface area contributed by atoms with Crippen LogP contribution < -0.4 is 5.73 Å². The summed E-state index contributed by atoms with van der Waals surface area (Å²) in [5.41, 5.74) is 4.84. The molecule has 70 valence electrons. The van der Waals surface area contributed by atoms with Crippen LogP contribution in [0, 0.1) is 5.92 Å². The predicted octanol–water partition coefficient (Wildman–Crippen LogP) is 1.78. The molecule has 3 heteroatoms. The van der Waals surface area contributed by atoms with Crippen molar-refractivity contribution in [2.75, 3.05) is 0 Å². The van der Waals surface area contributed by atoms with Crippen molar-refractivity contribution in [3.05, 3.63) is 0 Å². The monoisotopic (exact) mass is 173 g/mol. The number of hydrogen-bond donors (Lipinski definition) is 1. The Hall–Kier alpha value is -0.600. The van der Waals surface area contributed by atoms with Gasteiger partial charge in [-0.05, 0) is 12.3 Å². The van der Waals surface area contributed by atoms with E-state index < -0.39 is 12.1 Å². The molecule has 12 heavy (non-hydrogen) atoms. The standard InChI is InChI=1S/C9H16FNO/c10-8(9(11)12)6-7-4-2-1-3-5-7/h7-8H,1-6H2,(H2,11,12). The lowest BCUT2D eigenvalue weighted by Crippen LogP contribution is -2.27. The van der Waals surface area contributed by atoms with E-state index in [2.05, 4.69) is 0 Å². The highest BCUT2D eigenvalue weighted by atomic mass is 19.1. The van der Waals surface area contributed by atoms with Crippen LogP contribution in [0.1, 0.15) is 38.5 Å². The minimum absolute atomic E-state index is 0.343. The number of amides is 1. The zero-order valence-corrected chi connectivity index (χ0v) is 7.26. The van der Waals surface area contributed by atoms with E-state index in [1.54, 1.807) is 0 Å². The summed E-state index contributed by atoms with van der Waals surface area (Å²) in [6.07, 6.45) is 4.65. The highest BCUT2D eigenvalue weighted by Crippen LogP contribution is 2.27. The van der Waals surface area contributed by atoms with Gasteiger partial charge in [-0.25, -0.2) is 4.39 Å². The maximum atomic E-state index is 12.8. The zero-order chi connectivity index (χ0) is 8.97. The molecule has 1 atom stereocenters. The highest BCUT2D eigenvalue weighted by Gasteiger charge is 2.21. The Labute approximate surface area is 72.3 Å². The fraction of sp³-hybridized carbons (Fsp3) is 0.889. The van der Waals surface area contributed by atoms with Crippen LogP contribution in [-0.2, 0) is 4.79 Å². The lowest BCUT2D eigenvalue weighted by molar-refractivity contribution is -0.123. The number of primary amides is 1. The average Bonchev–Trinajstić information content (AvgIpc) is 2.06. The first kappa shape index (κ1) is 9.49. The van der Waals surface area contributed by atoms with Crippen molar-refractivity contribution < 1.29 is 9.18 Å². The third kappa shape index (κ3) is 2.80. The molecule has 0 aromatic carbocycles. The highest BCUT2D eigenvalue weighted by molar-refractivity contribution is 5.78. The normalized spacial score (nSPS) is 22.1. The molecule has 0 radical (unpaired) electrons. The second-order valence-corrected chi connectivity index (χ2v) is 3.61. The lowest BCUT2D eigenvalue weighted by atomic mass is 9.85. The number of nitrogens with two attached hydrogens (primary N) is 1. The van der Waals surface area contributed by atoms with E-state index in [0.717, 1.165) is 12.8 Å². The summed E-state index contributed by atoms with van der Waals surface area (Å²) < 4.78 is 12.8. The minimum atomic E-state index is -1.42. The van der Waals surface area contributed by atoms with E-state index >= 15 is 0 Å². The fourth-order valence-electron chi connectivity index (χ4n) is 1.83. The topological polar surface area (TPSA) is 43.1 Å². The molecule has 1 unspecified atom stereocenters. The van der Waals surface area contributed by atoms with Gasteiger partial charge in [0.2, 0.25) is 0 Å². The van der Waals surface area contributed by atoms with Crippen molar-refractivity contribution in [2.45, 2.75) is 44.7 Å². The summed E-state index contributed by atoms with van der Waals surface area (Å²) in [5, 5.41) is 0. The summed E-state index contributed by atoms with van der Waals surface area (Å²) in [5.74, 6) is -0.415. The second-order valence-electron chi connectivity index (χ2n) is 3.61. The molecular weight excluding hydrogens is 157 g/mol. The number of alkyl halides is 1. The summed E-state index contributed by atoms with van der Waals surface area (Å²) in [6.45, 7) is 0. The van der Waals surface area contributed by atoms with E-state index in [9.17, 15) is 9.18 Å². The number of rotatable bonds is 3. The zero-order valence-electron chi connectivity index (χ0n) is 7.26. The van der Waals surface area contributed by atoms with Gasteiger partial charge in [-0.3, -0.25) is 4.79 Å². The molecule has 0 saturated heterocycles. The number of halogens is 1. The van der Waals surface area contributed by atoms with Crippen molar-refractivity contribution in [3.8, 4) is 0 Å². The fourth-order valence-corrected chi connectivity index (χ4v) is 1.83. The third-order valence-corrected chi connectivity index (χ3v) is 2.57. The smallest absolute Gasteiger partial charge is 0.251 e. The first-order chi connectivity index (χ1) is 5.70. The van der Waals surface area contributed by atoms with Gasteiger partial charge in [0.05, 0.1) is 0 Å². The molecule has 1 saturated carbocycles. The third-order valence-electron chi connectivity index (χ3n) is 2.57. The Kier molecular flexibility index (Phi) is 3.50. The first-order valence-corrected chi connectivity index (χ1v) is 4.63. The maximum Gasteiger partial charge on any atom is 0.251 e. The summed E-state index contributed by atoms with van der Waals surface area (Å²) in [7, 11) is 0. The van der Waals surface area contributed by atoms with E-state index in [1.165, 1.54) is 19.3 Å². The lowest BCUT2D eigenvalue weighted by Gasteiger charge is -2.21. The van der Waals surface area contributed by atoms with Crippen molar-refractivity contribution in [3.63, 3.8) is 0 Å². The van der Waals surface area contributed by atoms with Crippen LogP contribution in [0.3, 0.4) is 0 Å². The van der Waals surface area contributed by atoms with E-state index in [0.29, 0.717) is 12.3 Å². The van der Waals surface area contributed by atoms with Crippen LogP contribution in [0.25, 0.3) is 0 Å². The number of hydrogen-bond acceptors (Lipinski definition) is 1. The van der Waals surface area contributed by atoms with E-state index in [4.69, 9.17) is 5.73 Å². The Morgan fingerprint density at radius 3 is 2.50 bits per heavy atom. The van der Waals surface area contributed by atoms with Crippen LogP contribution in [-0.4, -0.2) is 12.1 Å². The Balaban J connectivity index is 2.24. The van der Waals surface area contributed by atoms with Gasteiger partial charge in [0.15, 0.2) is 6.17 Å². The molecule has 1 aliphatic rings. The minimum Gasteiger partial charge on any atom is -0.367 e. The summed E-state index contributed by atoms with van der Waals surface area (Å²) >= 11 is 0. The van der Waals surface area contributed by atoms with E-state index in [-0.39, 0.29) is 0 Å². The van der Waals surface area contributed by atoms with Crippen LogP contribution in [0.4, 0.5) is 4.39 Å². The van der Waals surface area contributed by atoms with E-state index in [1.807, 2.05) is 0 Å². The van der Waals surface area contributed by atoms with Gasteiger partial charge in [-0.1, -0.05) is 32.1 Å². The maximum absolute atomic E-state index is 12.8. The second kappa shape index (κ2) is 4.43. The molecule has 1 fully saturated rings. The first-order valence-electron chi connectivity index (χ1n) is 4.63. The molecule has 0 heterocycles. The molecule has 0 aromatic heterocycles. The number of carbonyl (C=O) groups is 1. The van der Waals surface area contributed by atoms with Crippen molar-refractivity contribution in [1.82, 2.24) is 0 Å². The molecule has 2 nitrogen and oxygen atoms in total. The summed E-state index contributed by atoms with van der Waals surface area (Å²) in [4.78, 5) is 10.4. The van der Waals surface area contributed by atoms with Gasteiger partial charge in [-0.15, -0.1) is 0 Å². The van der Waals surface area contributed by atoms with Crippen LogP contribution in [0.15, 0.2) is 0 Å². The Morgan fingerprint density at radius 1 is 1.42 bits per heavy atom. The van der Waals surface area contributed by atoms with Gasteiger partial charge in [0.1, 0.15) is 0 Å². The van der Waals surface area contributed by atoms with Gasteiger partial charge < -0.3 is 5.73 Å². The van der Waals surface area contributed by atoms with Gasteiger partial charge in [0, 0.05) is 0 Å². The Morgan fingerprint density at radius 2 is 2.00 bits per heavy atom. The summed E-state index contributed by atoms with van der Waals surface area (Å²) in [6, 6.07) is 0. The molecule has 0 aliphatic heterocycles. The van der Waals surface area contributed by atoms with Crippen LogP contribution in [0.2, 0.25) is 0 Å². The van der Waals surface area contributed by atoms with Crippen molar-refractivity contribution >= 4 is 5.91 Å². The van der Waals surface area contributed by atoms with Crippen molar-refractivity contribution in [1.29, 1.82) is 0 Å². The van der Waals surface area contributed by atoms with Crippen molar-refractivity contribution in [2.24, 2.45) is 11.7 Å². The molecule has 1 amide bonds. The molecular formula is C9H16FNO. The van der Waals surface area contributed by atoms with Gasteiger partial charge in [0.25, 0.3) is 5.91 Å². The molecule has 0 aromatic rings. The van der Waals surface area contributed by atoms with Gasteiger partial charge >= 0.3 is 0 Å². The SMILES string of the molecule is NC(=O)C(F)CC1CCCCC1. The Bertz CT molecular complexity index is 155. The number of carbonyl (C=O) groups excluding carboxylic acids is 1. The molecule has 1 rings (SSSR count). The predicted molar refractivity (Wildman–Crippen MR) is 45.3 cm³/mol. The van der Waals surface area contributed by atoms with Crippen LogP contribution >= 0.6 is 0 Å². The molecule has 0 bridgehead atoms. The van der Waals surface area contributed by atoms with Gasteiger partial charge in [-0.2, -0.15) is 0 Å². The van der Waals surface area contributed by atoms with Crippen LogP contribution in [0.5, 0.6) is 0 Å². The quantitative estimate of drug-likeness (QED) is 0.694. The molecule has 2 N–H and O–H groups in total.